The van der Waals surface area contributed by atoms with Gasteiger partial charge in [-0.25, -0.2) is 13.9 Å². The fourth-order valence-electron chi connectivity index (χ4n) is 4.17. The van der Waals surface area contributed by atoms with Crippen LogP contribution in [0.15, 0.2) is 71.5 Å². The van der Waals surface area contributed by atoms with Gasteiger partial charge in [-0.15, -0.1) is 0 Å². The molecular formula is C27H25FN4O4. The molecule has 0 spiro atoms. The average molecular weight is 489 g/mol. The van der Waals surface area contributed by atoms with Gasteiger partial charge >= 0.3 is 0 Å². The Bertz CT molecular complexity index is 1460. The maximum Gasteiger partial charge on any atom is 0.267 e. The normalized spacial score (nSPS) is 13.6. The Morgan fingerprint density at radius 3 is 2.58 bits per heavy atom. The van der Waals surface area contributed by atoms with E-state index in [0.717, 1.165) is 11.3 Å². The van der Waals surface area contributed by atoms with E-state index in [1.165, 1.54) is 16.7 Å². The van der Waals surface area contributed by atoms with Gasteiger partial charge in [-0.1, -0.05) is 18.2 Å². The maximum absolute atomic E-state index is 14.0. The number of halogens is 1. The van der Waals surface area contributed by atoms with Crippen molar-refractivity contribution in [1.29, 1.82) is 0 Å². The molecule has 1 N–H and O–H groups in total. The van der Waals surface area contributed by atoms with E-state index in [9.17, 15) is 14.0 Å². The van der Waals surface area contributed by atoms with Gasteiger partial charge in [-0.05, 0) is 54.1 Å². The Labute approximate surface area is 206 Å². The first-order valence-electron chi connectivity index (χ1n) is 11.6. The predicted octanol–water partition coefficient (Wildman–Crippen LogP) is 3.30. The first-order valence-corrected chi connectivity index (χ1v) is 11.6. The van der Waals surface area contributed by atoms with Gasteiger partial charge in [0.2, 0.25) is 5.95 Å². The van der Waals surface area contributed by atoms with E-state index in [-0.39, 0.29) is 11.5 Å². The molecule has 0 bridgehead atoms. The lowest BCUT2D eigenvalue weighted by atomic mass is 10.1. The minimum absolute atomic E-state index is 0.281. The molecule has 0 radical (unpaired) electrons. The molecular weight excluding hydrogens is 463 g/mol. The van der Waals surface area contributed by atoms with Crippen molar-refractivity contribution in [2.45, 2.75) is 6.54 Å². The zero-order chi connectivity index (χ0) is 25.1. The summed E-state index contributed by atoms with van der Waals surface area (Å²) in [7, 11) is 1.60. The third-order valence-electron chi connectivity index (χ3n) is 6.09. The lowest BCUT2D eigenvalue weighted by molar-refractivity contribution is 0.0951. The number of aromatic nitrogens is 2. The van der Waals surface area contributed by atoms with Crippen LogP contribution in [0.2, 0.25) is 0 Å². The van der Waals surface area contributed by atoms with E-state index in [2.05, 4.69) is 5.32 Å². The van der Waals surface area contributed by atoms with Gasteiger partial charge in [0.1, 0.15) is 11.6 Å². The molecule has 9 heteroatoms. The van der Waals surface area contributed by atoms with Crippen LogP contribution in [0.3, 0.4) is 0 Å². The topological polar surface area (TPSA) is 85.7 Å². The van der Waals surface area contributed by atoms with E-state index < -0.39 is 5.82 Å². The summed E-state index contributed by atoms with van der Waals surface area (Å²) in [5.74, 6) is 0.399. The standard InChI is InChI=1S/C27H25FN4O4/c1-35-22-8-5-18(6-9-22)17-29-25(33)19-7-10-23-24(15-19)30-27(31-11-13-36-14-12-31)32(26(23)34)21-4-2-3-20(28)16-21/h2-10,15-16H,11-14,17H2,1H3,(H,29,33). The lowest BCUT2D eigenvalue weighted by Crippen LogP contribution is -2.40. The lowest BCUT2D eigenvalue weighted by Gasteiger charge is -2.30. The molecule has 1 aliphatic heterocycles. The van der Waals surface area contributed by atoms with Crippen LogP contribution in [-0.2, 0) is 11.3 Å². The number of ether oxygens (including phenoxy) is 2. The molecule has 1 aliphatic rings. The molecule has 0 aliphatic carbocycles. The third kappa shape index (κ3) is 4.78. The van der Waals surface area contributed by atoms with Crippen molar-refractivity contribution in [1.82, 2.24) is 14.9 Å². The van der Waals surface area contributed by atoms with Crippen molar-refractivity contribution >= 4 is 22.8 Å². The van der Waals surface area contributed by atoms with Crippen LogP contribution in [-0.4, -0.2) is 48.9 Å². The predicted molar refractivity (Wildman–Crippen MR) is 134 cm³/mol. The molecule has 5 rings (SSSR count). The van der Waals surface area contributed by atoms with E-state index in [1.807, 2.05) is 29.2 Å². The Kier molecular flexibility index (Phi) is 6.64. The number of nitrogens with one attached hydrogen (secondary N) is 1. The monoisotopic (exact) mass is 488 g/mol. The van der Waals surface area contributed by atoms with Gasteiger partial charge < -0.3 is 19.7 Å². The van der Waals surface area contributed by atoms with Crippen LogP contribution in [0.1, 0.15) is 15.9 Å². The van der Waals surface area contributed by atoms with Crippen LogP contribution in [0.5, 0.6) is 5.75 Å². The van der Waals surface area contributed by atoms with Crippen molar-refractivity contribution in [3.8, 4) is 11.4 Å². The Hall–Kier alpha value is -4.24. The number of nitrogens with zero attached hydrogens (tertiary/aromatic N) is 3. The molecule has 2 heterocycles. The smallest absolute Gasteiger partial charge is 0.267 e. The molecule has 4 aromatic rings. The minimum atomic E-state index is -0.448. The quantitative estimate of drug-likeness (QED) is 0.448. The number of hydrogen-bond donors (Lipinski definition) is 1. The number of carbonyl (C=O) groups is 1. The highest BCUT2D eigenvalue weighted by Gasteiger charge is 2.21. The molecule has 3 aromatic carbocycles. The van der Waals surface area contributed by atoms with E-state index >= 15 is 0 Å². The van der Waals surface area contributed by atoms with Crippen LogP contribution < -0.4 is 20.5 Å². The summed E-state index contributed by atoms with van der Waals surface area (Å²) in [5.41, 5.74) is 1.76. The second-order valence-electron chi connectivity index (χ2n) is 8.39. The summed E-state index contributed by atoms with van der Waals surface area (Å²) >= 11 is 0. The number of carbonyl (C=O) groups excluding carboxylic acids is 1. The second kappa shape index (κ2) is 10.2. The number of hydrogen-bond acceptors (Lipinski definition) is 6. The number of benzene rings is 3. The first-order chi connectivity index (χ1) is 17.5. The summed E-state index contributed by atoms with van der Waals surface area (Å²) in [6.07, 6.45) is 0. The first kappa shape index (κ1) is 23.5. The maximum atomic E-state index is 14.0. The highest BCUT2D eigenvalue weighted by molar-refractivity contribution is 5.97. The molecule has 1 aromatic heterocycles. The van der Waals surface area contributed by atoms with Gasteiger partial charge in [0.05, 0.1) is 36.9 Å². The zero-order valence-electron chi connectivity index (χ0n) is 19.7. The number of fused-ring (bicyclic) bond motifs is 1. The summed E-state index contributed by atoms with van der Waals surface area (Å²) < 4.78 is 26.1. The summed E-state index contributed by atoms with van der Waals surface area (Å²) in [4.78, 5) is 33.1. The number of rotatable bonds is 6. The van der Waals surface area contributed by atoms with Crippen LogP contribution >= 0.6 is 0 Å². The number of anilines is 1. The molecule has 0 atom stereocenters. The second-order valence-corrected chi connectivity index (χ2v) is 8.39. The Balaban J connectivity index is 1.50. The SMILES string of the molecule is COc1ccc(CNC(=O)c2ccc3c(=O)n(-c4cccc(F)c4)c(N4CCOCC4)nc3c2)cc1. The fraction of sp³-hybridized carbons (Fsp3) is 0.222. The van der Waals surface area contributed by atoms with Gasteiger partial charge in [0, 0.05) is 25.2 Å². The summed E-state index contributed by atoms with van der Waals surface area (Å²) in [6, 6.07) is 18.1. The van der Waals surface area contributed by atoms with Crippen molar-refractivity contribution in [2.24, 2.45) is 0 Å². The van der Waals surface area contributed by atoms with Crippen molar-refractivity contribution in [3.05, 3.63) is 94.0 Å². The van der Waals surface area contributed by atoms with Crippen molar-refractivity contribution in [3.63, 3.8) is 0 Å². The van der Waals surface area contributed by atoms with Gasteiger partial charge in [0.25, 0.3) is 11.5 Å². The van der Waals surface area contributed by atoms with Crippen LogP contribution in [0.4, 0.5) is 10.3 Å². The van der Waals surface area contributed by atoms with Gasteiger partial charge in [-0.3, -0.25) is 9.59 Å². The average Bonchev–Trinajstić information content (AvgIpc) is 2.92. The third-order valence-corrected chi connectivity index (χ3v) is 6.09. The van der Waals surface area contributed by atoms with Gasteiger partial charge in [-0.2, -0.15) is 0 Å². The molecule has 184 valence electrons. The van der Waals surface area contributed by atoms with Gasteiger partial charge in [0.15, 0.2) is 0 Å². The van der Waals surface area contributed by atoms with Crippen LogP contribution in [0, 0.1) is 5.82 Å². The Morgan fingerprint density at radius 1 is 1.08 bits per heavy atom. The zero-order valence-corrected chi connectivity index (χ0v) is 19.7. The van der Waals surface area contributed by atoms with E-state index in [4.69, 9.17) is 14.5 Å². The van der Waals surface area contributed by atoms with E-state index in [1.54, 1.807) is 37.4 Å². The number of methoxy groups -OCH3 is 1. The Morgan fingerprint density at radius 2 is 1.86 bits per heavy atom. The molecule has 1 amide bonds. The molecule has 1 saturated heterocycles. The van der Waals surface area contributed by atoms with E-state index in [0.29, 0.717) is 61.0 Å². The largest absolute Gasteiger partial charge is 0.497 e. The summed E-state index contributed by atoms with van der Waals surface area (Å²) in [6.45, 7) is 2.40. The summed E-state index contributed by atoms with van der Waals surface area (Å²) in [5, 5.41) is 3.23. The molecule has 0 saturated carbocycles. The van der Waals surface area contributed by atoms with Crippen molar-refractivity contribution < 1.29 is 18.7 Å². The van der Waals surface area contributed by atoms with Crippen LogP contribution in [0.25, 0.3) is 16.6 Å². The number of amides is 1. The highest BCUT2D eigenvalue weighted by atomic mass is 19.1. The fourth-order valence-corrected chi connectivity index (χ4v) is 4.17. The molecule has 36 heavy (non-hydrogen) atoms. The highest BCUT2D eigenvalue weighted by Crippen LogP contribution is 2.22. The molecule has 1 fully saturated rings. The van der Waals surface area contributed by atoms with Crippen molar-refractivity contribution in [2.75, 3.05) is 38.3 Å². The molecule has 0 unspecified atom stereocenters. The minimum Gasteiger partial charge on any atom is -0.497 e. The number of morpholine rings is 1. The molecule has 8 nitrogen and oxygen atoms in total.